The van der Waals surface area contributed by atoms with Gasteiger partial charge in [-0.05, 0) is 30.7 Å². The molecule has 2 heterocycles. The van der Waals surface area contributed by atoms with Crippen LogP contribution in [0, 0.1) is 12.8 Å². The van der Waals surface area contributed by atoms with Gasteiger partial charge in [-0.15, -0.1) is 0 Å². The summed E-state index contributed by atoms with van der Waals surface area (Å²) in [7, 11) is 0. The van der Waals surface area contributed by atoms with Crippen molar-refractivity contribution in [3.8, 4) is 11.5 Å². The SMILES string of the molecule is Cc1ccccc1C(=O)NNC(=O)C1CC(=O)N(c2ccc3c(c2)OCCO3)C1. The van der Waals surface area contributed by atoms with Crippen LogP contribution >= 0.6 is 0 Å². The second-order valence-corrected chi connectivity index (χ2v) is 6.99. The molecule has 2 aromatic carbocycles. The van der Waals surface area contributed by atoms with Crippen LogP contribution in [0.4, 0.5) is 5.69 Å². The summed E-state index contributed by atoms with van der Waals surface area (Å²) in [5.74, 6) is -0.301. The highest BCUT2D eigenvalue weighted by atomic mass is 16.6. The topological polar surface area (TPSA) is 97.0 Å². The maximum absolute atomic E-state index is 12.5. The van der Waals surface area contributed by atoms with Crippen LogP contribution in [0.15, 0.2) is 42.5 Å². The van der Waals surface area contributed by atoms with E-state index in [1.165, 1.54) is 0 Å². The third kappa shape index (κ3) is 3.87. The number of ether oxygens (including phenoxy) is 2. The summed E-state index contributed by atoms with van der Waals surface area (Å²) in [6, 6.07) is 12.4. The number of carbonyl (C=O) groups is 3. The monoisotopic (exact) mass is 395 g/mol. The van der Waals surface area contributed by atoms with Crippen molar-refractivity contribution in [2.45, 2.75) is 13.3 Å². The van der Waals surface area contributed by atoms with Crippen molar-refractivity contribution < 1.29 is 23.9 Å². The Kier molecular flexibility index (Phi) is 5.07. The van der Waals surface area contributed by atoms with Crippen molar-refractivity contribution in [1.29, 1.82) is 0 Å². The molecule has 2 aliphatic heterocycles. The summed E-state index contributed by atoms with van der Waals surface area (Å²) in [6.45, 7) is 2.99. The van der Waals surface area contributed by atoms with Gasteiger partial charge in [-0.2, -0.15) is 0 Å². The fourth-order valence-electron chi connectivity index (χ4n) is 3.45. The summed E-state index contributed by atoms with van der Waals surface area (Å²) < 4.78 is 11.1. The van der Waals surface area contributed by atoms with Crippen LogP contribution in [0.25, 0.3) is 0 Å². The molecule has 1 unspecified atom stereocenters. The van der Waals surface area contributed by atoms with Gasteiger partial charge in [-0.3, -0.25) is 25.2 Å². The van der Waals surface area contributed by atoms with Gasteiger partial charge in [-0.25, -0.2) is 0 Å². The van der Waals surface area contributed by atoms with E-state index in [-0.39, 0.29) is 18.9 Å². The van der Waals surface area contributed by atoms with Crippen LogP contribution in [-0.2, 0) is 9.59 Å². The van der Waals surface area contributed by atoms with E-state index in [1.54, 1.807) is 35.2 Å². The molecular weight excluding hydrogens is 374 g/mol. The van der Waals surface area contributed by atoms with E-state index in [0.29, 0.717) is 36.0 Å². The molecule has 3 amide bonds. The number of carbonyl (C=O) groups excluding carboxylic acids is 3. The Hall–Kier alpha value is -3.55. The molecule has 0 saturated carbocycles. The largest absolute Gasteiger partial charge is 0.486 e. The molecule has 1 saturated heterocycles. The van der Waals surface area contributed by atoms with Crippen molar-refractivity contribution in [1.82, 2.24) is 10.9 Å². The van der Waals surface area contributed by atoms with Crippen molar-refractivity contribution in [3.63, 3.8) is 0 Å². The predicted octanol–water partition coefficient (Wildman–Crippen LogP) is 1.58. The molecule has 0 bridgehead atoms. The summed E-state index contributed by atoms with van der Waals surface area (Å²) >= 11 is 0. The van der Waals surface area contributed by atoms with E-state index < -0.39 is 17.7 Å². The number of anilines is 1. The van der Waals surface area contributed by atoms with E-state index >= 15 is 0 Å². The highest BCUT2D eigenvalue weighted by Crippen LogP contribution is 2.35. The predicted molar refractivity (Wildman–Crippen MR) is 105 cm³/mol. The lowest BCUT2D eigenvalue weighted by atomic mass is 10.1. The van der Waals surface area contributed by atoms with E-state index in [9.17, 15) is 14.4 Å². The number of hydrogen-bond donors (Lipinski definition) is 2. The Morgan fingerprint density at radius 2 is 1.79 bits per heavy atom. The number of amides is 3. The lowest BCUT2D eigenvalue weighted by Gasteiger charge is -2.22. The fourth-order valence-corrected chi connectivity index (χ4v) is 3.45. The average Bonchev–Trinajstić information content (AvgIpc) is 3.13. The van der Waals surface area contributed by atoms with Gasteiger partial charge in [-0.1, -0.05) is 18.2 Å². The molecule has 1 atom stereocenters. The van der Waals surface area contributed by atoms with Crippen molar-refractivity contribution in [2.24, 2.45) is 5.92 Å². The molecule has 2 N–H and O–H groups in total. The summed E-state index contributed by atoms with van der Waals surface area (Å²) in [4.78, 5) is 38.7. The fraction of sp³-hybridized carbons (Fsp3) is 0.286. The van der Waals surface area contributed by atoms with Crippen LogP contribution in [0.3, 0.4) is 0 Å². The van der Waals surface area contributed by atoms with Crippen LogP contribution in [0.1, 0.15) is 22.3 Å². The van der Waals surface area contributed by atoms with E-state index in [2.05, 4.69) is 10.9 Å². The average molecular weight is 395 g/mol. The standard InChI is InChI=1S/C21H21N3O5/c1-13-4-2-3-5-16(13)21(27)23-22-20(26)14-10-19(25)24(12-14)15-6-7-17-18(11-15)29-9-8-28-17/h2-7,11,14H,8-10,12H2,1H3,(H,22,26)(H,23,27). The van der Waals surface area contributed by atoms with Gasteiger partial charge in [0.15, 0.2) is 11.5 Å². The molecule has 1 fully saturated rings. The quantitative estimate of drug-likeness (QED) is 0.769. The lowest BCUT2D eigenvalue weighted by Crippen LogP contribution is -2.45. The normalized spacial score (nSPS) is 17.8. The third-order valence-electron chi connectivity index (χ3n) is 5.02. The minimum atomic E-state index is -0.562. The van der Waals surface area contributed by atoms with Crippen LogP contribution in [0.2, 0.25) is 0 Å². The number of nitrogens with one attached hydrogen (secondary N) is 2. The lowest BCUT2D eigenvalue weighted by molar-refractivity contribution is -0.126. The van der Waals surface area contributed by atoms with Gasteiger partial charge in [0.25, 0.3) is 5.91 Å². The second-order valence-electron chi connectivity index (χ2n) is 6.99. The Bertz CT molecular complexity index is 975. The molecular formula is C21H21N3O5. The van der Waals surface area contributed by atoms with Crippen LogP contribution in [-0.4, -0.2) is 37.5 Å². The second kappa shape index (κ2) is 7.83. The maximum Gasteiger partial charge on any atom is 0.269 e. The molecule has 2 aliphatic rings. The van der Waals surface area contributed by atoms with Crippen molar-refractivity contribution in [3.05, 3.63) is 53.6 Å². The third-order valence-corrected chi connectivity index (χ3v) is 5.02. The molecule has 0 aromatic heterocycles. The first-order chi connectivity index (χ1) is 14.0. The molecule has 0 radical (unpaired) electrons. The Labute approximate surface area is 167 Å². The van der Waals surface area contributed by atoms with E-state index in [1.807, 2.05) is 19.1 Å². The molecule has 0 spiro atoms. The van der Waals surface area contributed by atoms with Gasteiger partial charge in [0, 0.05) is 30.3 Å². The van der Waals surface area contributed by atoms with Gasteiger partial charge in [0.2, 0.25) is 11.8 Å². The highest BCUT2D eigenvalue weighted by Gasteiger charge is 2.35. The number of rotatable bonds is 3. The first kappa shape index (κ1) is 18.8. The number of aryl methyl sites for hydroxylation is 1. The Balaban J connectivity index is 1.38. The molecule has 8 nitrogen and oxygen atoms in total. The minimum Gasteiger partial charge on any atom is -0.486 e. The maximum atomic E-state index is 12.5. The summed E-state index contributed by atoms with van der Waals surface area (Å²) in [5, 5.41) is 0. The smallest absolute Gasteiger partial charge is 0.269 e. The van der Waals surface area contributed by atoms with Crippen LogP contribution < -0.4 is 25.2 Å². The number of fused-ring (bicyclic) bond motifs is 1. The van der Waals surface area contributed by atoms with E-state index in [4.69, 9.17) is 9.47 Å². The van der Waals surface area contributed by atoms with Crippen molar-refractivity contribution in [2.75, 3.05) is 24.7 Å². The number of hydrogen-bond acceptors (Lipinski definition) is 5. The first-order valence-electron chi connectivity index (χ1n) is 9.39. The number of benzene rings is 2. The Morgan fingerprint density at radius 3 is 2.59 bits per heavy atom. The van der Waals surface area contributed by atoms with Crippen molar-refractivity contribution >= 4 is 23.4 Å². The molecule has 2 aromatic rings. The van der Waals surface area contributed by atoms with Gasteiger partial charge in [0.05, 0.1) is 5.92 Å². The molecule has 150 valence electrons. The Morgan fingerprint density at radius 1 is 1.03 bits per heavy atom. The highest BCUT2D eigenvalue weighted by molar-refractivity contribution is 6.01. The van der Waals surface area contributed by atoms with Gasteiger partial charge >= 0.3 is 0 Å². The zero-order chi connectivity index (χ0) is 20.4. The molecule has 0 aliphatic carbocycles. The first-order valence-corrected chi connectivity index (χ1v) is 9.39. The number of nitrogens with zero attached hydrogens (tertiary/aromatic N) is 1. The molecule has 29 heavy (non-hydrogen) atoms. The van der Waals surface area contributed by atoms with Gasteiger partial charge in [0.1, 0.15) is 13.2 Å². The summed E-state index contributed by atoms with van der Waals surface area (Å²) in [6.07, 6.45) is 0.0700. The molecule has 4 rings (SSSR count). The minimum absolute atomic E-state index is 0.0700. The van der Waals surface area contributed by atoms with E-state index in [0.717, 1.165) is 5.56 Å². The molecule has 8 heteroatoms. The van der Waals surface area contributed by atoms with Crippen LogP contribution in [0.5, 0.6) is 11.5 Å². The summed E-state index contributed by atoms with van der Waals surface area (Å²) in [5.41, 5.74) is 6.79. The zero-order valence-corrected chi connectivity index (χ0v) is 15.9. The zero-order valence-electron chi connectivity index (χ0n) is 15.9. The number of hydrazine groups is 1. The van der Waals surface area contributed by atoms with Gasteiger partial charge < -0.3 is 14.4 Å².